The second-order valence-electron chi connectivity index (χ2n) is 7.98. The maximum Gasteiger partial charge on any atom is 0.239 e. The molecular formula is C24H14BrCl2NO2. The van der Waals surface area contributed by atoms with Gasteiger partial charge in [-0.2, -0.15) is 0 Å². The number of anilines is 1. The van der Waals surface area contributed by atoms with Gasteiger partial charge in [0.05, 0.1) is 26.9 Å². The van der Waals surface area contributed by atoms with Gasteiger partial charge in [0.25, 0.3) is 0 Å². The first kappa shape index (κ1) is 18.6. The van der Waals surface area contributed by atoms with E-state index < -0.39 is 16.2 Å². The first-order valence-corrected chi connectivity index (χ1v) is 11.2. The molecule has 0 saturated carbocycles. The van der Waals surface area contributed by atoms with E-state index in [-0.39, 0.29) is 17.7 Å². The van der Waals surface area contributed by atoms with E-state index in [1.165, 1.54) is 4.90 Å². The highest BCUT2D eigenvalue weighted by atomic mass is 79.9. The molecule has 30 heavy (non-hydrogen) atoms. The van der Waals surface area contributed by atoms with Gasteiger partial charge in [-0.25, -0.2) is 4.90 Å². The Morgan fingerprint density at radius 3 is 2.07 bits per heavy atom. The van der Waals surface area contributed by atoms with Crippen molar-refractivity contribution in [3.05, 3.63) is 99.0 Å². The van der Waals surface area contributed by atoms with Crippen LogP contribution in [0.15, 0.2) is 66.7 Å². The SMILES string of the molecule is O=C1[C@@H]2C3c4ccccc4C(Br)(c4ccccc43)[C@@H]2C(=O)N1c1cc(Cl)ccc1Cl. The molecule has 6 heteroatoms. The van der Waals surface area contributed by atoms with Crippen LogP contribution in [0.25, 0.3) is 0 Å². The Morgan fingerprint density at radius 1 is 0.833 bits per heavy atom. The fourth-order valence-corrected chi connectivity index (χ4v) is 7.14. The molecule has 148 valence electrons. The highest BCUT2D eigenvalue weighted by molar-refractivity contribution is 9.09. The van der Waals surface area contributed by atoms with Crippen LogP contribution in [0, 0.1) is 11.8 Å². The van der Waals surface area contributed by atoms with Crippen molar-refractivity contribution in [3.63, 3.8) is 0 Å². The van der Waals surface area contributed by atoms with Crippen LogP contribution < -0.4 is 4.90 Å². The van der Waals surface area contributed by atoms with E-state index in [4.69, 9.17) is 23.2 Å². The van der Waals surface area contributed by atoms with E-state index >= 15 is 0 Å². The number of halogens is 3. The summed E-state index contributed by atoms with van der Waals surface area (Å²) in [6, 6.07) is 21.0. The molecule has 2 bridgehead atoms. The minimum Gasteiger partial charge on any atom is -0.274 e. The van der Waals surface area contributed by atoms with Gasteiger partial charge in [0.1, 0.15) is 0 Å². The number of benzene rings is 3. The van der Waals surface area contributed by atoms with Crippen molar-refractivity contribution in [1.29, 1.82) is 0 Å². The van der Waals surface area contributed by atoms with E-state index in [1.807, 2.05) is 24.3 Å². The molecule has 2 atom stereocenters. The summed E-state index contributed by atoms with van der Waals surface area (Å²) < 4.78 is -0.772. The molecule has 3 nitrogen and oxygen atoms in total. The lowest BCUT2D eigenvalue weighted by atomic mass is 9.55. The van der Waals surface area contributed by atoms with E-state index in [2.05, 4.69) is 40.2 Å². The van der Waals surface area contributed by atoms with Crippen LogP contribution in [0.5, 0.6) is 0 Å². The minimum atomic E-state index is -0.772. The van der Waals surface area contributed by atoms with Crippen LogP contribution >= 0.6 is 39.1 Å². The lowest BCUT2D eigenvalue weighted by Gasteiger charge is -2.51. The molecule has 7 rings (SSSR count). The largest absolute Gasteiger partial charge is 0.274 e. The Kier molecular flexibility index (Phi) is 3.84. The average molecular weight is 499 g/mol. The highest BCUT2D eigenvalue weighted by Crippen LogP contribution is 2.66. The van der Waals surface area contributed by atoms with Crippen molar-refractivity contribution < 1.29 is 9.59 Å². The summed E-state index contributed by atoms with van der Waals surface area (Å²) >= 11 is 16.5. The third-order valence-corrected chi connectivity index (χ3v) is 8.57. The number of nitrogens with zero attached hydrogens (tertiary/aromatic N) is 1. The van der Waals surface area contributed by atoms with Gasteiger partial charge in [0.2, 0.25) is 11.8 Å². The van der Waals surface area contributed by atoms with Gasteiger partial charge < -0.3 is 0 Å². The molecule has 2 amide bonds. The topological polar surface area (TPSA) is 37.4 Å². The molecular weight excluding hydrogens is 485 g/mol. The molecule has 1 fully saturated rings. The number of hydrogen-bond donors (Lipinski definition) is 0. The van der Waals surface area contributed by atoms with Crippen LogP contribution in [-0.4, -0.2) is 11.8 Å². The molecule has 1 aliphatic heterocycles. The van der Waals surface area contributed by atoms with Crippen LogP contribution in [-0.2, 0) is 13.9 Å². The zero-order valence-electron chi connectivity index (χ0n) is 15.5. The molecule has 0 N–H and O–H groups in total. The molecule has 3 aromatic rings. The van der Waals surface area contributed by atoms with Crippen molar-refractivity contribution in [3.8, 4) is 0 Å². The number of carbonyl (C=O) groups is 2. The monoisotopic (exact) mass is 497 g/mol. The first-order valence-electron chi connectivity index (χ1n) is 9.65. The highest BCUT2D eigenvalue weighted by Gasteiger charge is 2.67. The number of rotatable bonds is 1. The molecule has 3 aliphatic carbocycles. The van der Waals surface area contributed by atoms with Gasteiger partial charge in [0, 0.05) is 10.9 Å². The normalized spacial score (nSPS) is 28.4. The third kappa shape index (κ3) is 2.12. The lowest BCUT2D eigenvalue weighted by Crippen LogP contribution is -2.50. The standard InChI is InChI=1S/C24H14BrCl2NO2/c25-24-15-7-3-1-5-13(15)19(14-6-2-4-8-16(14)24)20-21(24)23(30)28(22(20)29)18-11-12(26)9-10-17(18)27/h1-11,19-21H/t19?,20-,21+,24?/m1/s1. The van der Waals surface area contributed by atoms with Gasteiger partial charge in [-0.15, -0.1) is 0 Å². The summed E-state index contributed by atoms with van der Waals surface area (Å²) in [5, 5.41) is 0.749. The predicted molar refractivity (Wildman–Crippen MR) is 120 cm³/mol. The second kappa shape index (κ2) is 6.19. The fourth-order valence-electron chi connectivity index (χ4n) is 5.57. The molecule has 0 unspecified atom stereocenters. The number of imide groups is 1. The van der Waals surface area contributed by atoms with Gasteiger partial charge in [-0.3, -0.25) is 9.59 Å². The van der Waals surface area contributed by atoms with E-state index in [0.717, 1.165) is 22.3 Å². The molecule has 1 heterocycles. The summed E-state index contributed by atoms with van der Waals surface area (Å²) in [5.41, 5.74) is 4.63. The van der Waals surface area contributed by atoms with Crippen LogP contribution in [0.2, 0.25) is 10.0 Å². The summed E-state index contributed by atoms with van der Waals surface area (Å²) in [7, 11) is 0. The Bertz CT molecular complexity index is 1230. The Morgan fingerprint density at radius 2 is 1.43 bits per heavy atom. The van der Waals surface area contributed by atoms with Crippen LogP contribution in [0.3, 0.4) is 0 Å². The Labute approximate surface area is 191 Å². The molecule has 3 aromatic carbocycles. The maximum absolute atomic E-state index is 13.8. The summed E-state index contributed by atoms with van der Waals surface area (Å²) in [6.07, 6.45) is 0. The Hall–Kier alpha value is -2.14. The number of alkyl halides is 1. The number of hydrogen-bond acceptors (Lipinski definition) is 2. The number of carbonyl (C=O) groups excluding carboxylic acids is 2. The zero-order chi connectivity index (χ0) is 20.8. The predicted octanol–water partition coefficient (Wildman–Crippen LogP) is 5.90. The van der Waals surface area contributed by atoms with Gasteiger partial charge in [-0.05, 0) is 40.5 Å². The first-order chi connectivity index (χ1) is 14.4. The third-order valence-electron chi connectivity index (χ3n) is 6.66. The zero-order valence-corrected chi connectivity index (χ0v) is 18.6. The van der Waals surface area contributed by atoms with Crippen molar-refractivity contribution in [2.45, 2.75) is 10.2 Å². The van der Waals surface area contributed by atoms with E-state index in [1.54, 1.807) is 18.2 Å². The van der Waals surface area contributed by atoms with Crippen molar-refractivity contribution >= 4 is 56.6 Å². The second-order valence-corrected chi connectivity index (χ2v) is 10.1. The van der Waals surface area contributed by atoms with Crippen molar-refractivity contribution in [2.24, 2.45) is 11.8 Å². The molecule has 0 radical (unpaired) electrons. The van der Waals surface area contributed by atoms with Crippen LogP contribution in [0.4, 0.5) is 5.69 Å². The average Bonchev–Trinajstić information content (AvgIpc) is 3.02. The molecule has 4 aliphatic rings. The molecule has 0 aromatic heterocycles. The Balaban J connectivity index is 1.63. The van der Waals surface area contributed by atoms with Gasteiger partial charge in [-0.1, -0.05) is 87.7 Å². The van der Waals surface area contributed by atoms with Crippen molar-refractivity contribution in [2.75, 3.05) is 4.90 Å². The maximum atomic E-state index is 13.8. The fraction of sp³-hybridized carbons (Fsp3) is 0.167. The van der Waals surface area contributed by atoms with E-state index in [0.29, 0.717) is 15.7 Å². The van der Waals surface area contributed by atoms with Gasteiger partial charge >= 0.3 is 0 Å². The summed E-state index contributed by atoms with van der Waals surface area (Å²) in [4.78, 5) is 28.8. The summed E-state index contributed by atoms with van der Waals surface area (Å²) in [5.74, 6) is -1.72. The van der Waals surface area contributed by atoms with Gasteiger partial charge in [0.15, 0.2) is 0 Å². The molecule has 0 spiro atoms. The number of amides is 2. The smallest absolute Gasteiger partial charge is 0.239 e. The quantitative estimate of drug-likeness (QED) is 0.309. The lowest BCUT2D eigenvalue weighted by molar-refractivity contribution is -0.122. The minimum absolute atomic E-state index is 0.179. The summed E-state index contributed by atoms with van der Waals surface area (Å²) in [6.45, 7) is 0. The van der Waals surface area contributed by atoms with Crippen molar-refractivity contribution in [1.82, 2.24) is 0 Å². The van der Waals surface area contributed by atoms with E-state index in [9.17, 15) is 9.59 Å². The molecule has 1 saturated heterocycles. The van der Waals surface area contributed by atoms with Crippen LogP contribution in [0.1, 0.15) is 28.2 Å².